The zero-order chi connectivity index (χ0) is 21.5. The highest BCUT2D eigenvalue weighted by Gasteiger charge is 2.22. The zero-order valence-corrected chi connectivity index (χ0v) is 19.2. The first-order valence-electron chi connectivity index (χ1n) is 11.3. The van der Waals surface area contributed by atoms with Gasteiger partial charge >= 0.3 is 0 Å². The van der Waals surface area contributed by atoms with Crippen LogP contribution in [0.15, 0.2) is 46.8 Å². The van der Waals surface area contributed by atoms with Gasteiger partial charge < -0.3 is 15.5 Å². The van der Waals surface area contributed by atoms with Gasteiger partial charge in [-0.25, -0.2) is 0 Å². The van der Waals surface area contributed by atoms with Crippen molar-refractivity contribution in [3.63, 3.8) is 0 Å². The van der Waals surface area contributed by atoms with Crippen LogP contribution in [0.2, 0.25) is 0 Å². The first-order chi connectivity index (χ1) is 15.2. The Labute approximate surface area is 189 Å². The van der Waals surface area contributed by atoms with E-state index in [1.807, 2.05) is 35.4 Å². The number of hydrogen-bond acceptors (Lipinski definition) is 4. The van der Waals surface area contributed by atoms with E-state index in [2.05, 4.69) is 50.2 Å². The summed E-state index contributed by atoms with van der Waals surface area (Å²) in [5, 5.41) is 9.09. The molecule has 0 radical (unpaired) electrons. The maximum absolute atomic E-state index is 11.9. The predicted molar refractivity (Wildman–Crippen MR) is 129 cm³/mol. The Morgan fingerprint density at radius 2 is 2.03 bits per heavy atom. The molecule has 6 nitrogen and oxygen atoms in total. The molecule has 2 aliphatic rings. The fraction of sp³-hybridized carbons (Fsp3) is 0.500. The number of amides is 1. The van der Waals surface area contributed by atoms with Gasteiger partial charge in [-0.2, -0.15) is 0 Å². The summed E-state index contributed by atoms with van der Waals surface area (Å²) >= 11 is 1.85. The maximum Gasteiger partial charge on any atom is 0.227 e. The van der Waals surface area contributed by atoms with E-state index < -0.39 is 0 Å². The van der Waals surface area contributed by atoms with Crippen LogP contribution in [-0.2, 0) is 17.9 Å². The number of benzene rings is 1. The van der Waals surface area contributed by atoms with E-state index in [0.717, 1.165) is 44.2 Å². The third-order valence-electron chi connectivity index (χ3n) is 6.13. The minimum Gasteiger partial charge on any atom is -0.356 e. The number of carbonyl (C=O) groups is 1. The Morgan fingerprint density at radius 3 is 2.74 bits per heavy atom. The number of piperidine rings is 1. The molecule has 2 N–H and O–H groups in total. The Kier molecular flexibility index (Phi) is 7.59. The fourth-order valence-electron chi connectivity index (χ4n) is 4.45. The monoisotopic (exact) mass is 439 g/mol. The van der Waals surface area contributed by atoms with E-state index in [-0.39, 0.29) is 5.91 Å². The largest absolute Gasteiger partial charge is 0.356 e. The molecule has 0 aliphatic carbocycles. The van der Waals surface area contributed by atoms with Gasteiger partial charge in [0.2, 0.25) is 5.91 Å². The Morgan fingerprint density at radius 1 is 1.16 bits per heavy atom. The minimum absolute atomic E-state index is 0.229. The summed E-state index contributed by atoms with van der Waals surface area (Å²) in [7, 11) is 1.82. The average Bonchev–Trinajstić information content (AvgIpc) is 3.46. The highest BCUT2D eigenvalue weighted by atomic mass is 32.1. The van der Waals surface area contributed by atoms with Crippen molar-refractivity contribution in [2.24, 2.45) is 10.9 Å². The fourth-order valence-corrected chi connectivity index (χ4v) is 5.19. The molecule has 1 unspecified atom stereocenters. The predicted octanol–water partition coefficient (Wildman–Crippen LogP) is 3.45. The van der Waals surface area contributed by atoms with Crippen LogP contribution in [0.5, 0.6) is 0 Å². The smallest absolute Gasteiger partial charge is 0.227 e. The molecule has 0 spiro atoms. The van der Waals surface area contributed by atoms with E-state index in [1.165, 1.54) is 29.8 Å². The molecule has 1 atom stereocenters. The molecule has 2 saturated heterocycles. The third kappa shape index (κ3) is 6.08. The molecule has 0 bridgehead atoms. The van der Waals surface area contributed by atoms with Crippen LogP contribution < -0.4 is 15.5 Å². The van der Waals surface area contributed by atoms with Crippen molar-refractivity contribution >= 4 is 28.9 Å². The van der Waals surface area contributed by atoms with Crippen molar-refractivity contribution < 1.29 is 4.79 Å². The Bertz CT molecular complexity index is 865. The van der Waals surface area contributed by atoms with Crippen LogP contribution in [0.25, 0.3) is 0 Å². The summed E-state index contributed by atoms with van der Waals surface area (Å²) in [6.07, 6.45) is 4.15. The molecular weight excluding hydrogens is 406 g/mol. The molecule has 4 rings (SSSR count). The Hall–Kier alpha value is -2.38. The second-order valence-corrected chi connectivity index (χ2v) is 9.48. The molecule has 7 heteroatoms. The van der Waals surface area contributed by atoms with E-state index in [1.54, 1.807) is 0 Å². The topological polar surface area (TPSA) is 60.0 Å². The summed E-state index contributed by atoms with van der Waals surface area (Å²) < 4.78 is 0. The van der Waals surface area contributed by atoms with Gasteiger partial charge in [0.15, 0.2) is 5.96 Å². The van der Waals surface area contributed by atoms with Crippen molar-refractivity contribution in [2.75, 3.05) is 38.1 Å². The summed E-state index contributed by atoms with van der Waals surface area (Å²) in [4.78, 5) is 22.2. The first-order valence-corrected chi connectivity index (χ1v) is 12.2. The number of thiophene rings is 1. The van der Waals surface area contributed by atoms with E-state index >= 15 is 0 Å². The van der Waals surface area contributed by atoms with Gasteiger partial charge in [0, 0.05) is 56.8 Å². The molecule has 2 fully saturated rings. The molecule has 31 heavy (non-hydrogen) atoms. The van der Waals surface area contributed by atoms with Crippen LogP contribution in [-0.4, -0.2) is 50.0 Å². The lowest BCUT2D eigenvalue weighted by atomic mass is 9.98. The number of hydrogen-bond donors (Lipinski definition) is 2. The lowest BCUT2D eigenvalue weighted by molar-refractivity contribution is -0.117. The zero-order valence-electron chi connectivity index (χ0n) is 18.3. The first kappa shape index (κ1) is 21.8. The van der Waals surface area contributed by atoms with Gasteiger partial charge in [-0.3, -0.25) is 14.7 Å². The van der Waals surface area contributed by atoms with Gasteiger partial charge in [-0.05, 0) is 60.9 Å². The molecular formula is C24H33N5OS. The minimum atomic E-state index is 0.229. The van der Waals surface area contributed by atoms with E-state index in [9.17, 15) is 4.79 Å². The van der Waals surface area contributed by atoms with Gasteiger partial charge in [-0.15, -0.1) is 11.3 Å². The summed E-state index contributed by atoms with van der Waals surface area (Å²) in [6, 6.07) is 12.6. The summed E-state index contributed by atoms with van der Waals surface area (Å²) in [5.74, 6) is 1.71. The van der Waals surface area contributed by atoms with Gasteiger partial charge in [0.05, 0.1) is 0 Å². The van der Waals surface area contributed by atoms with Gasteiger partial charge in [-0.1, -0.05) is 18.2 Å². The second-order valence-electron chi connectivity index (χ2n) is 8.44. The highest BCUT2D eigenvalue weighted by Crippen LogP contribution is 2.22. The normalized spacial score (nSPS) is 20.3. The molecule has 166 valence electrons. The number of anilines is 1. The van der Waals surface area contributed by atoms with Crippen molar-refractivity contribution in [1.29, 1.82) is 0 Å². The van der Waals surface area contributed by atoms with Gasteiger partial charge in [0.25, 0.3) is 0 Å². The van der Waals surface area contributed by atoms with E-state index in [0.29, 0.717) is 18.9 Å². The SMILES string of the molecule is CN=C(NCc1ccc(N2CCCC2=O)cc1)NCC1CCCN(Cc2cccs2)C1. The highest BCUT2D eigenvalue weighted by molar-refractivity contribution is 7.09. The second kappa shape index (κ2) is 10.8. The lowest BCUT2D eigenvalue weighted by Crippen LogP contribution is -2.44. The molecule has 1 amide bonds. The van der Waals surface area contributed by atoms with Crippen molar-refractivity contribution in [1.82, 2.24) is 15.5 Å². The molecule has 1 aromatic carbocycles. The maximum atomic E-state index is 11.9. The van der Waals surface area contributed by atoms with Crippen molar-refractivity contribution in [2.45, 2.75) is 38.8 Å². The standard InChI is InChI=1S/C24H33N5OS/c1-25-24(26-15-19-8-10-21(11-9-19)29-13-3-7-23(29)30)27-16-20-5-2-12-28(17-20)18-22-6-4-14-31-22/h4,6,8-11,14,20H,2-3,5,7,12-13,15-18H2,1H3,(H2,25,26,27). The lowest BCUT2D eigenvalue weighted by Gasteiger charge is -2.32. The molecule has 2 aromatic rings. The Balaban J connectivity index is 1.21. The molecule has 2 aliphatic heterocycles. The molecule has 0 saturated carbocycles. The van der Waals surface area contributed by atoms with Crippen molar-refractivity contribution in [3.8, 4) is 0 Å². The molecule has 3 heterocycles. The van der Waals surface area contributed by atoms with Gasteiger partial charge in [0.1, 0.15) is 0 Å². The van der Waals surface area contributed by atoms with Crippen molar-refractivity contribution in [3.05, 3.63) is 52.2 Å². The summed E-state index contributed by atoms with van der Waals surface area (Å²) in [5.41, 5.74) is 2.18. The number of likely N-dealkylation sites (tertiary alicyclic amines) is 1. The van der Waals surface area contributed by atoms with Crippen LogP contribution in [0.1, 0.15) is 36.1 Å². The van der Waals surface area contributed by atoms with E-state index in [4.69, 9.17) is 0 Å². The number of aliphatic imine (C=N–C) groups is 1. The molecule has 1 aromatic heterocycles. The van der Waals surface area contributed by atoms with Crippen LogP contribution >= 0.6 is 11.3 Å². The number of carbonyl (C=O) groups excluding carboxylic acids is 1. The number of guanidine groups is 1. The number of rotatable bonds is 7. The summed E-state index contributed by atoms with van der Waals surface area (Å²) in [6.45, 7) is 5.89. The van der Waals surface area contributed by atoms with Crippen LogP contribution in [0, 0.1) is 5.92 Å². The number of nitrogens with one attached hydrogen (secondary N) is 2. The van der Waals surface area contributed by atoms with Crippen LogP contribution in [0.4, 0.5) is 5.69 Å². The average molecular weight is 440 g/mol. The van der Waals surface area contributed by atoms with Crippen LogP contribution in [0.3, 0.4) is 0 Å². The quantitative estimate of drug-likeness (QED) is 0.512. The third-order valence-corrected chi connectivity index (χ3v) is 6.99. The number of nitrogens with zero attached hydrogens (tertiary/aromatic N) is 3.